The maximum atomic E-state index is 12.5. The summed E-state index contributed by atoms with van der Waals surface area (Å²) in [5, 5.41) is 4.83. The maximum Gasteiger partial charge on any atom is 0.286 e. The van der Waals surface area contributed by atoms with E-state index in [9.17, 15) is 19.2 Å². The number of benzene rings is 2. The lowest BCUT2D eigenvalue weighted by Gasteiger charge is -2.10. The molecule has 1 fully saturated rings. The van der Waals surface area contributed by atoms with Gasteiger partial charge in [-0.1, -0.05) is 36.0 Å². The lowest BCUT2D eigenvalue weighted by atomic mass is 10.1. The fourth-order valence-corrected chi connectivity index (χ4v) is 3.98. The van der Waals surface area contributed by atoms with Crippen molar-refractivity contribution < 1.29 is 14.3 Å². The van der Waals surface area contributed by atoms with Crippen molar-refractivity contribution in [1.82, 2.24) is 15.1 Å². The van der Waals surface area contributed by atoms with Crippen molar-refractivity contribution in [3.63, 3.8) is 0 Å². The van der Waals surface area contributed by atoms with Gasteiger partial charge in [0.05, 0.1) is 22.6 Å². The van der Waals surface area contributed by atoms with Crippen LogP contribution in [0.1, 0.15) is 5.56 Å². The molecule has 0 spiro atoms. The number of hydrogen-bond acceptors (Lipinski definition) is 6. The second-order valence-corrected chi connectivity index (χ2v) is 7.70. The Bertz CT molecular complexity index is 1200. The van der Waals surface area contributed by atoms with E-state index in [1.165, 1.54) is 4.68 Å². The quantitative estimate of drug-likeness (QED) is 0.638. The van der Waals surface area contributed by atoms with Crippen molar-refractivity contribution in [1.29, 1.82) is 0 Å². The maximum absolute atomic E-state index is 12.5. The molecule has 0 saturated carbocycles. The molecule has 1 aliphatic rings. The van der Waals surface area contributed by atoms with Crippen molar-refractivity contribution in [3.05, 3.63) is 74.8 Å². The molecule has 29 heavy (non-hydrogen) atoms. The number of nitrogens with zero attached hydrogens (tertiary/aromatic N) is 1. The van der Waals surface area contributed by atoms with Crippen LogP contribution >= 0.6 is 11.8 Å². The van der Waals surface area contributed by atoms with Crippen LogP contribution in [-0.4, -0.2) is 32.8 Å². The minimum atomic E-state index is -0.411. The summed E-state index contributed by atoms with van der Waals surface area (Å²) in [4.78, 5) is 47.4. The molecular formula is C20H17N3O5S. The molecule has 2 N–H and O–H groups in total. The minimum absolute atomic E-state index is 0.196. The van der Waals surface area contributed by atoms with Crippen molar-refractivity contribution in [2.24, 2.45) is 0 Å². The highest BCUT2D eigenvalue weighted by molar-refractivity contribution is 8.15. The van der Waals surface area contributed by atoms with Crippen molar-refractivity contribution in [2.75, 3.05) is 6.61 Å². The molecule has 2 amide bonds. The Hall–Kier alpha value is -3.33. The Labute approximate surface area is 168 Å². The average molecular weight is 411 g/mol. The lowest BCUT2D eigenvalue weighted by molar-refractivity contribution is -0.118. The van der Waals surface area contributed by atoms with Gasteiger partial charge in [-0.05, 0) is 36.2 Å². The summed E-state index contributed by atoms with van der Waals surface area (Å²) in [7, 11) is 0. The molecular weight excluding hydrogens is 394 g/mol. The Kier molecular flexibility index (Phi) is 5.22. The highest BCUT2D eigenvalue weighted by atomic mass is 32.2. The number of aromatic amines is 1. The van der Waals surface area contributed by atoms with E-state index < -0.39 is 5.25 Å². The number of fused-ring (bicyclic) bond motifs is 1. The number of aromatic nitrogens is 2. The first-order valence-electron chi connectivity index (χ1n) is 8.96. The first-order valence-corrected chi connectivity index (χ1v) is 9.84. The van der Waals surface area contributed by atoms with E-state index in [0.29, 0.717) is 22.9 Å². The Balaban J connectivity index is 1.38. The SMILES string of the molecule is O=C1NC(=O)C(Cc2ccc(OCCn3[nH]c(=O)c4ccccc4c3=O)cc2)S1. The van der Waals surface area contributed by atoms with Crippen LogP contribution in [0.25, 0.3) is 10.8 Å². The number of thioether (sulfide) groups is 1. The fourth-order valence-electron chi connectivity index (χ4n) is 3.12. The van der Waals surface area contributed by atoms with E-state index >= 15 is 0 Å². The van der Waals surface area contributed by atoms with Gasteiger partial charge in [-0.3, -0.25) is 29.6 Å². The standard InChI is InChI=1S/C20H17N3O5S/c24-17-14-3-1-2-4-15(14)19(26)23(22-17)9-10-28-13-7-5-12(6-8-13)11-16-18(25)21-20(27)29-16/h1-8,16H,9-11H2,(H,22,24)(H,21,25,27). The number of rotatable bonds is 6. The van der Waals surface area contributed by atoms with Crippen LogP contribution in [0, 0.1) is 0 Å². The normalized spacial score (nSPS) is 16.2. The lowest BCUT2D eigenvalue weighted by Crippen LogP contribution is -2.31. The number of ether oxygens (including phenoxy) is 1. The molecule has 1 atom stereocenters. The van der Waals surface area contributed by atoms with E-state index in [4.69, 9.17) is 4.74 Å². The minimum Gasteiger partial charge on any atom is -0.492 e. The van der Waals surface area contributed by atoms with Crippen molar-refractivity contribution in [3.8, 4) is 5.75 Å². The first-order chi connectivity index (χ1) is 14.0. The summed E-state index contributed by atoms with van der Waals surface area (Å²) in [6.45, 7) is 0.393. The molecule has 0 aliphatic carbocycles. The molecule has 8 nitrogen and oxygen atoms in total. The summed E-state index contributed by atoms with van der Waals surface area (Å²) in [5.74, 6) is 0.333. The van der Waals surface area contributed by atoms with Gasteiger partial charge in [-0.15, -0.1) is 0 Å². The fraction of sp³-hybridized carbons (Fsp3) is 0.200. The molecule has 1 unspecified atom stereocenters. The second-order valence-electron chi connectivity index (χ2n) is 6.52. The largest absolute Gasteiger partial charge is 0.492 e. The number of hydrogen-bond donors (Lipinski definition) is 2. The number of H-pyrrole nitrogens is 1. The van der Waals surface area contributed by atoms with Crippen LogP contribution in [0.3, 0.4) is 0 Å². The van der Waals surface area contributed by atoms with Gasteiger partial charge in [-0.2, -0.15) is 0 Å². The molecule has 0 bridgehead atoms. The first kappa shape index (κ1) is 19.0. The number of nitrogens with one attached hydrogen (secondary N) is 2. The highest BCUT2D eigenvalue weighted by Gasteiger charge is 2.31. The molecule has 2 aromatic carbocycles. The second kappa shape index (κ2) is 7.96. The average Bonchev–Trinajstić information content (AvgIpc) is 3.04. The van der Waals surface area contributed by atoms with Crippen LogP contribution < -0.4 is 21.2 Å². The van der Waals surface area contributed by atoms with Crippen LogP contribution in [0.5, 0.6) is 5.75 Å². The number of carbonyl (C=O) groups is 2. The van der Waals surface area contributed by atoms with Crippen LogP contribution in [0.4, 0.5) is 4.79 Å². The van der Waals surface area contributed by atoms with Crippen LogP contribution in [0.15, 0.2) is 58.1 Å². The van der Waals surface area contributed by atoms with Crippen LogP contribution in [0.2, 0.25) is 0 Å². The number of carbonyl (C=O) groups excluding carboxylic acids is 2. The summed E-state index contributed by atoms with van der Waals surface area (Å²) >= 11 is 0.995. The zero-order valence-corrected chi connectivity index (χ0v) is 16.0. The summed E-state index contributed by atoms with van der Waals surface area (Å²) in [6.07, 6.45) is 0.455. The summed E-state index contributed by atoms with van der Waals surface area (Å²) in [5.41, 5.74) is 0.313. The Morgan fingerprint density at radius 2 is 1.69 bits per heavy atom. The molecule has 0 radical (unpaired) electrons. The number of amides is 2. The molecule has 148 valence electrons. The van der Waals surface area contributed by atoms with Gasteiger partial charge in [0.2, 0.25) is 5.91 Å². The molecule has 3 aromatic rings. The van der Waals surface area contributed by atoms with E-state index in [-0.39, 0.29) is 35.4 Å². The third-order valence-electron chi connectivity index (χ3n) is 4.58. The van der Waals surface area contributed by atoms with Gasteiger partial charge < -0.3 is 4.74 Å². The third kappa shape index (κ3) is 4.09. The molecule has 2 heterocycles. The smallest absolute Gasteiger partial charge is 0.286 e. The van der Waals surface area contributed by atoms with Crippen LogP contribution in [-0.2, 0) is 17.8 Å². The Morgan fingerprint density at radius 3 is 2.38 bits per heavy atom. The third-order valence-corrected chi connectivity index (χ3v) is 5.56. The Morgan fingerprint density at radius 1 is 0.966 bits per heavy atom. The predicted molar refractivity (Wildman–Crippen MR) is 109 cm³/mol. The van der Waals surface area contributed by atoms with E-state index in [1.807, 2.05) is 12.1 Å². The zero-order valence-electron chi connectivity index (χ0n) is 15.2. The van der Waals surface area contributed by atoms with E-state index in [0.717, 1.165) is 17.3 Å². The van der Waals surface area contributed by atoms with Gasteiger partial charge in [0.25, 0.3) is 16.4 Å². The van der Waals surface area contributed by atoms with Gasteiger partial charge >= 0.3 is 0 Å². The zero-order chi connectivity index (χ0) is 20.4. The van der Waals surface area contributed by atoms with E-state index in [2.05, 4.69) is 10.4 Å². The van der Waals surface area contributed by atoms with Gasteiger partial charge in [-0.25, -0.2) is 4.68 Å². The topological polar surface area (TPSA) is 110 Å². The van der Waals surface area contributed by atoms with Gasteiger partial charge in [0, 0.05) is 0 Å². The monoisotopic (exact) mass is 411 g/mol. The molecule has 1 saturated heterocycles. The van der Waals surface area contributed by atoms with Crippen molar-refractivity contribution in [2.45, 2.75) is 18.2 Å². The predicted octanol–water partition coefficient (Wildman–Crippen LogP) is 1.66. The summed E-state index contributed by atoms with van der Waals surface area (Å²) < 4.78 is 6.90. The van der Waals surface area contributed by atoms with E-state index in [1.54, 1.807) is 36.4 Å². The highest BCUT2D eigenvalue weighted by Crippen LogP contribution is 2.23. The molecule has 4 rings (SSSR count). The van der Waals surface area contributed by atoms with Gasteiger partial charge in [0.1, 0.15) is 12.4 Å². The number of imide groups is 1. The summed E-state index contributed by atoms with van der Waals surface area (Å²) in [6, 6.07) is 13.9. The molecule has 9 heteroatoms. The molecule has 1 aromatic heterocycles. The van der Waals surface area contributed by atoms with Gasteiger partial charge in [0.15, 0.2) is 0 Å². The molecule has 1 aliphatic heterocycles. The van der Waals surface area contributed by atoms with Crippen molar-refractivity contribution >= 4 is 33.7 Å².